The van der Waals surface area contributed by atoms with E-state index in [0.717, 1.165) is 18.4 Å². The van der Waals surface area contributed by atoms with Gasteiger partial charge in [0.15, 0.2) is 9.84 Å². The molecule has 0 aliphatic heterocycles. The van der Waals surface area contributed by atoms with E-state index in [-0.39, 0.29) is 17.1 Å². The maximum absolute atomic E-state index is 13.2. The van der Waals surface area contributed by atoms with Gasteiger partial charge in [0.1, 0.15) is 0 Å². The Hall–Kier alpha value is -3.42. The first-order chi connectivity index (χ1) is 15.2. The van der Waals surface area contributed by atoms with E-state index in [2.05, 4.69) is 25.6 Å². The fraction of sp³-hybridized carbons (Fsp3) is 0.211. The lowest BCUT2D eigenvalue weighted by Gasteiger charge is -2.13. The van der Waals surface area contributed by atoms with Crippen LogP contribution in [-0.2, 0) is 28.7 Å². The molecule has 2 aromatic carbocycles. The van der Waals surface area contributed by atoms with Crippen molar-refractivity contribution < 1.29 is 34.8 Å². The lowest BCUT2D eigenvalue weighted by atomic mass is 10.2. The van der Waals surface area contributed by atoms with Crippen LogP contribution >= 0.6 is 0 Å². The van der Waals surface area contributed by atoms with Gasteiger partial charge in [-0.1, -0.05) is 18.2 Å². The number of rotatable bonds is 6. The molecule has 3 aromatic rings. The molecule has 7 nitrogen and oxygen atoms in total. The molecule has 2 N–H and O–H groups in total. The van der Waals surface area contributed by atoms with Crippen LogP contribution in [0.1, 0.15) is 17.0 Å². The maximum Gasteiger partial charge on any atom is 0.451 e. The van der Waals surface area contributed by atoms with Crippen molar-refractivity contribution in [1.29, 1.82) is 0 Å². The largest absolute Gasteiger partial charge is 0.451 e. The van der Waals surface area contributed by atoms with Crippen molar-refractivity contribution in [3.8, 4) is 0 Å². The molecule has 1 aromatic heterocycles. The molecule has 0 bridgehead atoms. The zero-order valence-corrected chi connectivity index (χ0v) is 17.5. The van der Waals surface area contributed by atoms with Crippen molar-refractivity contribution in [2.45, 2.75) is 23.8 Å². The summed E-state index contributed by atoms with van der Waals surface area (Å²) >= 11 is 0. The predicted octanol–water partition coefficient (Wildman–Crippen LogP) is 4.67. The standard InChI is InChI=1S/C19H15F6N5O2S/c1-33(31,32)14-7-5-11(6-8-14)10-26-16-28-15(19(23,24)25)29-17(30-16)27-13-4-2-3-12(9-13)18(20,21)22/h2-9H,10H2,1H3,(H2,26,27,28,29,30). The summed E-state index contributed by atoms with van der Waals surface area (Å²) in [5.41, 5.74) is -0.663. The summed E-state index contributed by atoms with van der Waals surface area (Å²) in [5.74, 6) is -2.66. The van der Waals surface area contributed by atoms with Gasteiger partial charge in [0.25, 0.3) is 0 Å². The van der Waals surface area contributed by atoms with Crippen molar-refractivity contribution in [2.24, 2.45) is 0 Å². The van der Waals surface area contributed by atoms with Gasteiger partial charge >= 0.3 is 12.4 Å². The van der Waals surface area contributed by atoms with Gasteiger partial charge in [-0.25, -0.2) is 8.42 Å². The van der Waals surface area contributed by atoms with Gasteiger partial charge in [0.2, 0.25) is 17.7 Å². The number of anilines is 3. The molecule has 3 rings (SSSR count). The molecule has 0 aliphatic carbocycles. The van der Waals surface area contributed by atoms with Gasteiger partial charge in [-0.15, -0.1) is 0 Å². The molecule has 0 aliphatic rings. The molecule has 1 heterocycles. The van der Waals surface area contributed by atoms with Crippen LogP contribution in [0, 0.1) is 0 Å². The number of alkyl halides is 6. The molecule has 0 atom stereocenters. The molecular formula is C19H15F6N5O2S. The highest BCUT2D eigenvalue weighted by atomic mass is 32.2. The van der Waals surface area contributed by atoms with Crippen LogP contribution in [-0.4, -0.2) is 29.6 Å². The van der Waals surface area contributed by atoms with E-state index >= 15 is 0 Å². The molecular weight excluding hydrogens is 476 g/mol. The second-order valence-electron chi connectivity index (χ2n) is 6.78. The van der Waals surface area contributed by atoms with Crippen molar-refractivity contribution in [3.05, 3.63) is 65.5 Å². The number of hydrogen-bond acceptors (Lipinski definition) is 7. The molecule has 0 amide bonds. The SMILES string of the molecule is CS(=O)(=O)c1ccc(CNc2nc(Nc3cccc(C(F)(F)F)c3)nc(C(F)(F)F)n2)cc1. The van der Waals surface area contributed by atoms with Crippen molar-refractivity contribution in [3.63, 3.8) is 0 Å². The van der Waals surface area contributed by atoms with Crippen LogP contribution in [0.15, 0.2) is 53.4 Å². The van der Waals surface area contributed by atoms with E-state index in [9.17, 15) is 34.8 Å². The van der Waals surface area contributed by atoms with Crippen LogP contribution < -0.4 is 10.6 Å². The molecule has 0 radical (unpaired) electrons. The summed E-state index contributed by atoms with van der Waals surface area (Å²) in [4.78, 5) is 10.4. The Balaban J connectivity index is 1.85. The lowest BCUT2D eigenvalue weighted by molar-refractivity contribution is -0.144. The normalized spacial score (nSPS) is 12.5. The van der Waals surface area contributed by atoms with E-state index in [1.807, 2.05) is 0 Å². The Morgan fingerprint density at radius 1 is 0.848 bits per heavy atom. The van der Waals surface area contributed by atoms with E-state index < -0.39 is 45.5 Å². The number of benzene rings is 2. The van der Waals surface area contributed by atoms with Crippen LogP contribution in [0.2, 0.25) is 0 Å². The number of nitrogens with one attached hydrogen (secondary N) is 2. The zero-order valence-electron chi connectivity index (χ0n) is 16.7. The zero-order chi connectivity index (χ0) is 24.4. The first kappa shape index (κ1) is 24.2. The fourth-order valence-corrected chi connectivity index (χ4v) is 3.21. The summed E-state index contributed by atoms with van der Waals surface area (Å²) < 4.78 is 101. The molecule has 0 unspecified atom stereocenters. The summed E-state index contributed by atoms with van der Waals surface area (Å²) in [6.45, 7) is -0.0612. The lowest BCUT2D eigenvalue weighted by Crippen LogP contribution is -2.16. The smallest absolute Gasteiger partial charge is 0.350 e. The first-order valence-electron chi connectivity index (χ1n) is 9.02. The highest BCUT2D eigenvalue weighted by Gasteiger charge is 2.36. The molecule has 0 fully saturated rings. The molecule has 14 heteroatoms. The number of hydrogen-bond donors (Lipinski definition) is 2. The fourth-order valence-electron chi connectivity index (χ4n) is 2.58. The topological polar surface area (TPSA) is 96.9 Å². The Kier molecular flexibility index (Phi) is 6.49. The first-order valence-corrected chi connectivity index (χ1v) is 10.9. The van der Waals surface area contributed by atoms with Crippen molar-refractivity contribution in [2.75, 3.05) is 16.9 Å². The predicted molar refractivity (Wildman–Crippen MR) is 106 cm³/mol. The van der Waals surface area contributed by atoms with Crippen LogP contribution in [0.3, 0.4) is 0 Å². The summed E-state index contributed by atoms with van der Waals surface area (Å²) in [5, 5.41) is 4.88. The van der Waals surface area contributed by atoms with Gasteiger partial charge in [-0.2, -0.15) is 41.3 Å². The second kappa shape index (κ2) is 8.84. The van der Waals surface area contributed by atoms with E-state index in [4.69, 9.17) is 0 Å². The quantitative estimate of drug-likeness (QED) is 0.484. The summed E-state index contributed by atoms with van der Waals surface area (Å²) in [6.07, 6.45) is -8.56. The van der Waals surface area contributed by atoms with Crippen LogP contribution in [0.5, 0.6) is 0 Å². The third-order valence-corrected chi connectivity index (χ3v) is 5.27. The monoisotopic (exact) mass is 491 g/mol. The molecule has 33 heavy (non-hydrogen) atoms. The van der Waals surface area contributed by atoms with E-state index in [0.29, 0.717) is 11.6 Å². The minimum atomic E-state index is -4.94. The summed E-state index contributed by atoms with van der Waals surface area (Å²) in [6, 6.07) is 9.38. The van der Waals surface area contributed by atoms with Gasteiger partial charge < -0.3 is 10.6 Å². The van der Waals surface area contributed by atoms with Crippen LogP contribution in [0.25, 0.3) is 0 Å². The third-order valence-electron chi connectivity index (χ3n) is 4.14. The molecule has 176 valence electrons. The van der Waals surface area contributed by atoms with Crippen LogP contribution in [0.4, 0.5) is 43.9 Å². The van der Waals surface area contributed by atoms with Gasteiger partial charge in [0, 0.05) is 18.5 Å². The Labute approximate surface area is 183 Å². The number of aromatic nitrogens is 3. The summed E-state index contributed by atoms with van der Waals surface area (Å²) in [7, 11) is -3.41. The number of nitrogens with zero attached hydrogens (tertiary/aromatic N) is 3. The maximum atomic E-state index is 13.2. The highest BCUT2D eigenvalue weighted by molar-refractivity contribution is 7.90. The molecule has 0 saturated carbocycles. The Bertz CT molecular complexity index is 1240. The van der Waals surface area contributed by atoms with Crippen molar-refractivity contribution in [1.82, 2.24) is 15.0 Å². The van der Waals surface area contributed by atoms with Gasteiger partial charge in [0.05, 0.1) is 10.5 Å². The highest BCUT2D eigenvalue weighted by Crippen LogP contribution is 2.32. The average molecular weight is 491 g/mol. The second-order valence-corrected chi connectivity index (χ2v) is 8.79. The van der Waals surface area contributed by atoms with E-state index in [1.54, 1.807) is 0 Å². The number of halogens is 6. The number of sulfone groups is 1. The van der Waals surface area contributed by atoms with E-state index in [1.165, 1.54) is 30.3 Å². The Morgan fingerprint density at radius 2 is 1.48 bits per heavy atom. The minimum Gasteiger partial charge on any atom is -0.350 e. The molecule has 0 saturated heterocycles. The van der Waals surface area contributed by atoms with Gasteiger partial charge in [-0.05, 0) is 35.9 Å². The molecule has 0 spiro atoms. The third kappa shape index (κ3) is 6.54. The minimum absolute atomic E-state index is 0.0612. The van der Waals surface area contributed by atoms with Gasteiger partial charge in [-0.3, -0.25) is 0 Å². The average Bonchev–Trinajstić information content (AvgIpc) is 2.71. The Morgan fingerprint density at radius 3 is 2.06 bits per heavy atom. The van der Waals surface area contributed by atoms with Crippen molar-refractivity contribution >= 4 is 27.4 Å².